The number of carbonyl (C=O) groups is 2. The summed E-state index contributed by atoms with van der Waals surface area (Å²) in [7, 11) is 0. The van der Waals surface area contributed by atoms with Gasteiger partial charge >= 0.3 is 0 Å². The number of anilines is 1. The number of rotatable bonds is 4. The fourth-order valence-corrected chi connectivity index (χ4v) is 2.58. The molecule has 0 aliphatic carbocycles. The minimum atomic E-state index is -0.558. The van der Waals surface area contributed by atoms with Crippen molar-refractivity contribution in [2.24, 2.45) is 0 Å². The fourth-order valence-electron chi connectivity index (χ4n) is 2.58. The predicted octanol–water partition coefficient (Wildman–Crippen LogP) is 3.10. The lowest BCUT2D eigenvalue weighted by atomic mass is 10.1. The number of fused-ring (bicyclic) bond motifs is 1. The number of amides is 2. The van der Waals surface area contributed by atoms with Crippen LogP contribution in [0.5, 0.6) is 0 Å². The van der Waals surface area contributed by atoms with Gasteiger partial charge in [-0.3, -0.25) is 14.4 Å². The molecule has 0 bridgehead atoms. The van der Waals surface area contributed by atoms with E-state index in [0.29, 0.717) is 28.8 Å². The highest BCUT2D eigenvalue weighted by atomic mass is 16.3. The van der Waals surface area contributed by atoms with E-state index in [1.165, 1.54) is 6.07 Å². The van der Waals surface area contributed by atoms with Gasteiger partial charge < -0.3 is 15.1 Å². The van der Waals surface area contributed by atoms with Crippen molar-refractivity contribution in [3.05, 3.63) is 75.6 Å². The molecule has 26 heavy (non-hydrogen) atoms. The standard InChI is InChI=1S/C20H18N2O4/c1-3-21-19(24)13-5-4-6-14(10-13)22-20(25)18-11-16(23)15-9-12(2)7-8-17(15)26-18/h4-11H,3H2,1-2H3,(H,21,24)(H,22,25). The van der Waals surface area contributed by atoms with Crippen molar-refractivity contribution in [3.63, 3.8) is 0 Å². The molecule has 0 unspecified atom stereocenters. The van der Waals surface area contributed by atoms with Crippen LogP contribution < -0.4 is 16.1 Å². The Labute approximate surface area is 149 Å². The molecule has 132 valence electrons. The molecule has 1 aromatic heterocycles. The molecule has 3 rings (SSSR count). The summed E-state index contributed by atoms with van der Waals surface area (Å²) in [6.45, 7) is 4.21. The zero-order valence-corrected chi connectivity index (χ0v) is 14.5. The van der Waals surface area contributed by atoms with Gasteiger partial charge in [-0.1, -0.05) is 17.7 Å². The summed E-state index contributed by atoms with van der Waals surface area (Å²) in [5, 5.41) is 5.77. The average molecular weight is 350 g/mol. The third kappa shape index (κ3) is 3.64. The van der Waals surface area contributed by atoms with Crippen molar-refractivity contribution < 1.29 is 14.0 Å². The first kappa shape index (κ1) is 17.4. The summed E-state index contributed by atoms with van der Waals surface area (Å²) in [5.74, 6) is -0.872. The van der Waals surface area contributed by atoms with Crippen molar-refractivity contribution in [3.8, 4) is 0 Å². The van der Waals surface area contributed by atoms with Crippen LogP contribution in [-0.4, -0.2) is 18.4 Å². The molecule has 0 saturated heterocycles. The molecule has 0 aliphatic rings. The molecule has 0 saturated carbocycles. The zero-order valence-electron chi connectivity index (χ0n) is 14.5. The monoisotopic (exact) mass is 350 g/mol. The van der Waals surface area contributed by atoms with E-state index in [2.05, 4.69) is 10.6 Å². The highest BCUT2D eigenvalue weighted by molar-refractivity contribution is 6.04. The second-order valence-corrected chi connectivity index (χ2v) is 5.87. The van der Waals surface area contributed by atoms with E-state index in [1.54, 1.807) is 36.4 Å². The quantitative estimate of drug-likeness (QED) is 0.757. The number of nitrogens with one attached hydrogen (secondary N) is 2. The topological polar surface area (TPSA) is 88.4 Å². The number of carbonyl (C=O) groups excluding carboxylic acids is 2. The highest BCUT2D eigenvalue weighted by Crippen LogP contribution is 2.16. The Bertz CT molecular complexity index is 1050. The molecule has 3 aromatic rings. The van der Waals surface area contributed by atoms with Gasteiger partial charge in [-0.2, -0.15) is 0 Å². The molecule has 6 nitrogen and oxygen atoms in total. The summed E-state index contributed by atoms with van der Waals surface area (Å²) < 4.78 is 5.56. The first-order valence-corrected chi connectivity index (χ1v) is 8.22. The van der Waals surface area contributed by atoms with Gasteiger partial charge in [-0.25, -0.2) is 0 Å². The fraction of sp³-hybridized carbons (Fsp3) is 0.150. The molecule has 0 radical (unpaired) electrons. The van der Waals surface area contributed by atoms with Crippen molar-refractivity contribution in [2.75, 3.05) is 11.9 Å². The van der Waals surface area contributed by atoms with Gasteiger partial charge in [0.2, 0.25) is 0 Å². The second kappa shape index (κ2) is 7.23. The van der Waals surface area contributed by atoms with Gasteiger partial charge in [0.05, 0.1) is 5.39 Å². The Kier molecular flexibility index (Phi) is 4.84. The number of hydrogen-bond acceptors (Lipinski definition) is 4. The maximum atomic E-state index is 12.4. The predicted molar refractivity (Wildman–Crippen MR) is 99.6 cm³/mol. The van der Waals surface area contributed by atoms with Gasteiger partial charge in [0.1, 0.15) is 5.58 Å². The summed E-state index contributed by atoms with van der Waals surface area (Å²) in [4.78, 5) is 36.6. The van der Waals surface area contributed by atoms with E-state index < -0.39 is 5.91 Å². The van der Waals surface area contributed by atoms with Crippen LogP contribution in [0.25, 0.3) is 11.0 Å². The van der Waals surface area contributed by atoms with Crippen LogP contribution in [-0.2, 0) is 0 Å². The van der Waals surface area contributed by atoms with Crippen LogP contribution in [0.4, 0.5) is 5.69 Å². The smallest absolute Gasteiger partial charge is 0.291 e. The number of hydrogen-bond donors (Lipinski definition) is 2. The molecule has 6 heteroatoms. The van der Waals surface area contributed by atoms with Gasteiger partial charge in [-0.15, -0.1) is 0 Å². The van der Waals surface area contributed by atoms with Gasteiger partial charge in [0, 0.05) is 23.9 Å². The third-order valence-electron chi connectivity index (χ3n) is 3.83. The molecule has 2 amide bonds. The van der Waals surface area contributed by atoms with Crippen LogP contribution >= 0.6 is 0 Å². The first-order chi connectivity index (χ1) is 12.5. The SMILES string of the molecule is CCNC(=O)c1cccc(NC(=O)c2cc(=O)c3cc(C)ccc3o2)c1. The van der Waals surface area contributed by atoms with E-state index >= 15 is 0 Å². The van der Waals surface area contributed by atoms with Crippen molar-refractivity contribution in [1.82, 2.24) is 5.32 Å². The van der Waals surface area contributed by atoms with Crippen molar-refractivity contribution >= 4 is 28.5 Å². The Hall–Kier alpha value is -3.41. The van der Waals surface area contributed by atoms with E-state index in [4.69, 9.17) is 4.42 Å². The lowest BCUT2D eigenvalue weighted by molar-refractivity contribution is 0.0953. The first-order valence-electron chi connectivity index (χ1n) is 8.22. The Morgan fingerprint density at radius 1 is 1.04 bits per heavy atom. The van der Waals surface area contributed by atoms with E-state index in [0.717, 1.165) is 5.56 Å². The largest absolute Gasteiger partial charge is 0.451 e. The van der Waals surface area contributed by atoms with Gasteiger partial charge in [-0.05, 0) is 44.2 Å². The van der Waals surface area contributed by atoms with Gasteiger partial charge in [0.25, 0.3) is 11.8 Å². The molecule has 2 N–H and O–H groups in total. The summed E-state index contributed by atoms with van der Waals surface area (Å²) in [6, 6.07) is 12.9. The van der Waals surface area contributed by atoms with Crippen LogP contribution in [0.1, 0.15) is 33.4 Å². The molecule has 2 aromatic carbocycles. The van der Waals surface area contributed by atoms with Crippen LogP contribution in [0, 0.1) is 6.92 Å². The van der Waals surface area contributed by atoms with Crippen LogP contribution in [0.3, 0.4) is 0 Å². The average Bonchev–Trinajstić information content (AvgIpc) is 2.62. The Balaban J connectivity index is 1.88. The molecule has 0 spiro atoms. The van der Waals surface area contributed by atoms with Crippen molar-refractivity contribution in [1.29, 1.82) is 0 Å². The zero-order chi connectivity index (χ0) is 18.7. The van der Waals surface area contributed by atoms with E-state index in [1.807, 2.05) is 19.9 Å². The summed E-state index contributed by atoms with van der Waals surface area (Å²) in [6.07, 6.45) is 0. The minimum Gasteiger partial charge on any atom is -0.451 e. The van der Waals surface area contributed by atoms with Crippen molar-refractivity contribution in [2.45, 2.75) is 13.8 Å². The molecular weight excluding hydrogens is 332 g/mol. The number of aryl methyl sites for hydroxylation is 1. The summed E-state index contributed by atoms with van der Waals surface area (Å²) >= 11 is 0. The molecule has 0 fully saturated rings. The maximum Gasteiger partial charge on any atom is 0.291 e. The van der Waals surface area contributed by atoms with E-state index in [-0.39, 0.29) is 17.1 Å². The van der Waals surface area contributed by atoms with Crippen LogP contribution in [0.2, 0.25) is 0 Å². The van der Waals surface area contributed by atoms with Crippen LogP contribution in [0.15, 0.2) is 57.7 Å². The van der Waals surface area contributed by atoms with Gasteiger partial charge in [0.15, 0.2) is 11.2 Å². The lowest BCUT2D eigenvalue weighted by Crippen LogP contribution is -2.23. The lowest BCUT2D eigenvalue weighted by Gasteiger charge is -2.08. The Morgan fingerprint density at radius 3 is 2.62 bits per heavy atom. The Morgan fingerprint density at radius 2 is 1.85 bits per heavy atom. The normalized spacial score (nSPS) is 10.5. The molecule has 1 heterocycles. The summed E-state index contributed by atoms with van der Waals surface area (Å²) in [5.41, 5.74) is 1.87. The highest BCUT2D eigenvalue weighted by Gasteiger charge is 2.14. The second-order valence-electron chi connectivity index (χ2n) is 5.87. The molecule has 0 atom stereocenters. The minimum absolute atomic E-state index is 0.0882. The number of benzene rings is 2. The van der Waals surface area contributed by atoms with E-state index in [9.17, 15) is 14.4 Å². The molecule has 0 aliphatic heterocycles. The third-order valence-corrected chi connectivity index (χ3v) is 3.83. The molecular formula is C20H18N2O4. The maximum absolute atomic E-state index is 12.4.